The third-order valence-electron chi connectivity index (χ3n) is 4.13. The minimum atomic E-state index is -1.24. The van der Waals surface area contributed by atoms with E-state index >= 15 is 0 Å². The lowest BCUT2D eigenvalue weighted by atomic mass is 9.89. The number of pyridine rings is 1. The Balaban J connectivity index is 1.73. The van der Waals surface area contributed by atoms with Crippen molar-refractivity contribution in [1.29, 1.82) is 0 Å². The van der Waals surface area contributed by atoms with Gasteiger partial charge in [0, 0.05) is 24.7 Å². The standard InChI is InChI=1S/C19H20N2O4/c1-3-24-16-14(8-6-10-20-16)12-21-18(23)19(2)11-13-7-4-5-9-15(13)17(22)25-19/h4-10H,3,11-12H2,1-2H3,(H,21,23). The molecule has 6 nitrogen and oxygen atoms in total. The second-order valence-electron chi connectivity index (χ2n) is 6.04. The highest BCUT2D eigenvalue weighted by Gasteiger charge is 2.42. The molecule has 1 amide bonds. The van der Waals surface area contributed by atoms with Gasteiger partial charge in [0.15, 0.2) is 5.60 Å². The van der Waals surface area contributed by atoms with Crippen LogP contribution in [0.3, 0.4) is 0 Å². The Bertz CT molecular complexity index is 806. The Morgan fingerprint density at radius 2 is 2.12 bits per heavy atom. The molecule has 1 aromatic heterocycles. The number of cyclic esters (lactones) is 1. The van der Waals surface area contributed by atoms with E-state index in [-0.39, 0.29) is 12.5 Å². The number of benzene rings is 1. The van der Waals surface area contributed by atoms with Crippen molar-refractivity contribution in [2.45, 2.75) is 32.4 Å². The zero-order chi connectivity index (χ0) is 17.9. The molecule has 1 atom stereocenters. The fourth-order valence-electron chi connectivity index (χ4n) is 2.85. The highest BCUT2D eigenvalue weighted by molar-refractivity contribution is 5.97. The first-order valence-electron chi connectivity index (χ1n) is 8.20. The highest BCUT2D eigenvalue weighted by atomic mass is 16.6. The van der Waals surface area contributed by atoms with Gasteiger partial charge in [0.05, 0.1) is 12.2 Å². The van der Waals surface area contributed by atoms with Crippen LogP contribution in [0.15, 0.2) is 42.6 Å². The van der Waals surface area contributed by atoms with Crippen LogP contribution in [0.25, 0.3) is 0 Å². The molecule has 0 saturated heterocycles. The summed E-state index contributed by atoms with van der Waals surface area (Å²) < 4.78 is 10.9. The fourth-order valence-corrected chi connectivity index (χ4v) is 2.85. The molecule has 0 fully saturated rings. The smallest absolute Gasteiger partial charge is 0.339 e. The van der Waals surface area contributed by atoms with Gasteiger partial charge in [-0.2, -0.15) is 0 Å². The van der Waals surface area contributed by atoms with Crippen molar-refractivity contribution in [2.24, 2.45) is 0 Å². The molecule has 1 unspecified atom stereocenters. The molecule has 1 aliphatic rings. The number of nitrogens with zero attached hydrogens (tertiary/aromatic N) is 1. The summed E-state index contributed by atoms with van der Waals surface area (Å²) in [6.07, 6.45) is 1.98. The van der Waals surface area contributed by atoms with Crippen LogP contribution in [0.4, 0.5) is 0 Å². The van der Waals surface area contributed by atoms with E-state index in [1.807, 2.05) is 25.1 Å². The molecule has 2 aromatic rings. The van der Waals surface area contributed by atoms with Crippen LogP contribution in [0, 0.1) is 0 Å². The minimum Gasteiger partial charge on any atom is -0.478 e. The molecule has 3 rings (SSSR count). The lowest BCUT2D eigenvalue weighted by Gasteiger charge is -2.33. The maximum atomic E-state index is 12.7. The van der Waals surface area contributed by atoms with E-state index in [1.165, 1.54) is 0 Å². The number of aromatic nitrogens is 1. The van der Waals surface area contributed by atoms with Gasteiger partial charge in [0.25, 0.3) is 5.91 Å². The maximum Gasteiger partial charge on any atom is 0.339 e. The molecule has 25 heavy (non-hydrogen) atoms. The first kappa shape index (κ1) is 17.0. The SMILES string of the molecule is CCOc1ncccc1CNC(=O)C1(C)Cc2ccccc2C(=O)O1. The molecule has 1 aliphatic heterocycles. The van der Waals surface area contributed by atoms with Crippen molar-refractivity contribution in [2.75, 3.05) is 6.61 Å². The Kier molecular flexibility index (Phi) is 4.70. The molecule has 1 N–H and O–H groups in total. The van der Waals surface area contributed by atoms with Gasteiger partial charge >= 0.3 is 5.97 Å². The molecule has 130 valence electrons. The largest absolute Gasteiger partial charge is 0.478 e. The van der Waals surface area contributed by atoms with Crippen LogP contribution in [-0.2, 0) is 22.5 Å². The molecule has 0 radical (unpaired) electrons. The number of amides is 1. The van der Waals surface area contributed by atoms with Gasteiger partial charge in [0.1, 0.15) is 0 Å². The summed E-state index contributed by atoms with van der Waals surface area (Å²) in [7, 11) is 0. The number of hydrogen-bond donors (Lipinski definition) is 1. The average molecular weight is 340 g/mol. The number of hydrogen-bond acceptors (Lipinski definition) is 5. The number of esters is 1. The summed E-state index contributed by atoms with van der Waals surface area (Å²) in [5.74, 6) is -0.334. The average Bonchev–Trinajstić information content (AvgIpc) is 2.61. The first-order chi connectivity index (χ1) is 12.0. The van der Waals surface area contributed by atoms with Gasteiger partial charge in [-0.05, 0) is 31.5 Å². The normalized spacial score (nSPS) is 18.9. The summed E-state index contributed by atoms with van der Waals surface area (Å²) in [5.41, 5.74) is 0.856. The number of ether oxygens (including phenoxy) is 2. The molecular weight excluding hydrogens is 320 g/mol. The predicted molar refractivity (Wildman–Crippen MR) is 91.2 cm³/mol. The second kappa shape index (κ2) is 6.93. The van der Waals surface area contributed by atoms with E-state index < -0.39 is 11.6 Å². The van der Waals surface area contributed by atoms with Crippen LogP contribution >= 0.6 is 0 Å². The van der Waals surface area contributed by atoms with Crippen LogP contribution in [-0.4, -0.2) is 29.1 Å². The van der Waals surface area contributed by atoms with E-state index in [4.69, 9.17) is 9.47 Å². The van der Waals surface area contributed by atoms with Gasteiger partial charge < -0.3 is 14.8 Å². The van der Waals surface area contributed by atoms with E-state index in [1.54, 1.807) is 31.3 Å². The molecule has 0 bridgehead atoms. The zero-order valence-corrected chi connectivity index (χ0v) is 14.2. The van der Waals surface area contributed by atoms with E-state index in [0.717, 1.165) is 11.1 Å². The summed E-state index contributed by atoms with van der Waals surface area (Å²) in [6.45, 7) is 4.24. The topological polar surface area (TPSA) is 77.5 Å². The van der Waals surface area contributed by atoms with Crippen molar-refractivity contribution in [1.82, 2.24) is 10.3 Å². The minimum absolute atomic E-state index is 0.247. The Hall–Kier alpha value is -2.89. The fraction of sp³-hybridized carbons (Fsp3) is 0.316. The van der Waals surface area contributed by atoms with Crippen LogP contribution < -0.4 is 10.1 Å². The number of carbonyl (C=O) groups is 2. The van der Waals surface area contributed by atoms with Crippen molar-refractivity contribution in [3.8, 4) is 5.88 Å². The monoisotopic (exact) mass is 340 g/mol. The molecule has 0 spiro atoms. The highest BCUT2D eigenvalue weighted by Crippen LogP contribution is 2.28. The van der Waals surface area contributed by atoms with Crippen molar-refractivity contribution in [3.05, 3.63) is 59.3 Å². The Labute approximate surface area is 146 Å². The summed E-state index contributed by atoms with van der Waals surface area (Å²) in [5, 5.41) is 2.82. The van der Waals surface area contributed by atoms with E-state index in [0.29, 0.717) is 24.5 Å². The Morgan fingerprint density at radius 3 is 2.92 bits per heavy atom. The summed E-state index contributed by atoms with van der Waals surface area (Å²) in [6, 6.07) is 10.8. The Morgan fingerprint density at radius 1 is 1.32 bits per heavy atom. The zero-order valence-electron chi connectivity index (χ0n) is 14.2. The molecular formula is C19H20N2O4. The lowest BCUT2D eigenvalue weighted by molar-refractivity contribution is -0.140. The number of rotatable bonds is 5. The second-order valence-corrected chi connectivity index (χ2v) is 6.04. The van der Waals surface area contributed by atoms with Gasteiger partial charge in [-0.3, -0.25) is 4.79 Å². The van der Waals surface area contributed by atoms with Gasteiger partial charge in [-0.1, -0.05) is 24.3 Å². The van der Waals surface area contributed by atoms with Gasteiger partial charge in [-0.25, -0.2) is 9.78 Å². The van der Waals surface area contributed by atoms with Crippen LogP contribution in [0.5, 0.6) is 5.88 Å². The van der Waals surface area contributed by atoms with Gasteiger partial charge in [-0.15, -0.1) is 0 Å². The molecule has 1 aromatic carbocycles. The molecule has 6 heteroatoms. The maximum absolute atomic E-state index is 12.7. The number of fused-ring (bicyclic) bond motifs is 1. The van der Waals surface area contributed by atoms with Gasteiger partial charge in [0.2, 0.25) is 5.88 Å². The molecule has 0 aliphatic carbocycles. The van der Waals surface area contributed by atoms with Crippen molar-refractivity contribution in [3.63, 3.8) is 0 Å². The summed E-state index contributed by atoms with van der Waals surface area (Å²) in [4.78, 5) is 29.0. The lowest BCUT2D eigenvalue weighted by Crippen LogP contribution is -2.51. The van der Waals surface area contributed by atoms with Crippen molar-refractivity contribution < 1.29 is 19.1 Å². The van der Waals surface area contributed by atoms with Crippen molar-refractivity contribution >= 4 is 11.9 Å². The number of nitrogens with one attached hydrogen (secondary N) is 1. The first-order valence-corrected chi connectivity index (χ1v) is 8.20. The van der Waals surface area contributed by atoms with Crippen LogP contribution in [0.2, 0.25) is 0 Å². The quantitative estimate of drug-likeness (QED) is 0.845. The number of carbonyl (C=O) groups excluding carboxylic acids is 2. The van der Waals surface area contributed by atoms with Crippen LogP contribution in [0.1, 0.15) is 35.3 Å². The predicted octanol–water partition coefficient (Wildman–Crippen LogP) is 2.27. The third kappa shape index (κ3) is 3.47. The third-order valence-corrected chi connectivity index (χ3v) is 4.13. The molecule has 0 saturated carbocycles. The molecule has 2 heterocycles. The van der Waals surface area contributed by atoms with E-state index in [2.05, 4.69) is 10.3 Å². The van der Waals surface area contributed by atoms with E-state index in [9.17, 15) is 9.59 Å². The summed E-state index contributed by atoms with van der Waals surface area (Å²) >= 11 is 0.